The van der Waals surface area contributed by atoms with Gasteiger partial charge in [0.2, 0.25) is 0 Å². The lowest BCUT2D eigenvalue weighted by molar-refractivity contribution is -0.889. The molecule has 0 saturated carbocycles. The number of unbranched alkanes of at least 4 members (excludes halogenated alkanes) is 29. The van der Waals surface area contributed by atoms with Gasteiger partial charge in [-0.25, -0.2) is 0 Å². The number of hydrogen-bond acceptors (Lipinski definition) is 7. The van der Waals surface area contributed by atoms with Crippen molar-refractivity contribution in [3.63, 3.8) is 0 Å². The maximum Gasteiger partial charge on any atom is 0.306 e. The van der Waals surface area contributed by atoms with Crippen LogP contribution in [0, 0.1) is 0 Å². The number of nitrogens with zero attached hydrogens (tertiary/aromatic N) is 1. The second kappa shape index (κ2) is 49.7. The SMILES string of the molecule is CCCCC/C=C/C/C=C/C/C=C/C/C=C/CCCCCCCC(=O)OCC(COCCC(C(=O)[O-])[N+](C)(C)C)OC(=O)CCCCCCCCCCCCCCCCCCCCCCCC. The maximum absolute atomic E-state index is 12.8. The Kier molecular flexibility index (Phi) is 47.7. The molecule has 0 rings (SSSR count). The van der Waals surface area contributed by atoms with E-state index in [1.165, 1.54) is 148 Å². The number of carbonyl (C=O) groups is 3. The summed E-state index contributed by atoms with van der Waals surface area (Å²) in [5.41, 5.74) is 0. The lowest BCUT2D eigenvalue weighted by Crippen LogP contribution is -2.55. The first-order valence-corrected chi connectivity index (χ1v) is 28.2. The van der Waals surface area contributed by atoms with Crippen molar-refractivity contribution in [2.45, 2.75) is 270 Å². The minimum absolute atomic E-state index is 0.0364. The molecule has 0 spiro atoms. The summed E-state index contributed by atoms with van der Waals surface area (Å²) in [4.78, 5) is 37.1. The molecule has 0 aliphatic carbocycles. The predicted octanol–water partition coefficient (Wildman–Crippen LogP) is 15.4. The predicted molar refractivity (Wildman–Crippen MR) is 282 cm³/mol. The van der Waals surface area contributed by atoms with Gasteiger partial charge in [-0.1, -0.05) is 229 Å². The molecule has 2 unspecified atom stereocenters. The third-order valence-corrected chi connectivity index (χ3v) is 12.7. The molecule has 0 heterocycles. The van der Waals surface area contributed by atoms with E-state index in [0.717, 1.165) is 77.0 Å². The summed E-state index contributed by atoms with van der Waals surface area (Å²) in [6, 6.07) is -0.730. The molecule has 8 nitrogen and oxygen atoms in total. The third kappa shape index (κ3) is 48.1. The van der Waals surface area contributed by atoms with E-state index in [1.807, 2.05) is 0 Å². The van der Waals surface area contributed by atoms with Crippen LogP contribution < -0.4 is 5.11 Å². The van der Waals surface area contributed by atoms with Gasteiger partial charge in [0, 0.05) is 19.3 Å². The summed E-state index contributed by atoms with van der Waals surface area (Å²) in [6.07, 6.45) is 61.5. The third-order valence-electron chi connectivity index (χ3n) is 12.7. The first-order chi connectivity index (χ1) is 32.6. The van der Waals surface area contributed by atoms with Crippen LogP contribution in [0.15, 0.2) is 48.6 Å². The van der Waals surface area contributed by atoms with Crippen molar-refractivity contribution < 1.29 is 38.2 Å². The first kappa shape index (κ1) is 64.3. The van der Waals surface area contributed by atoms with E-state index in [2.05, 4.69) is 62.5 Å². The van der Waals surface area contributed by atoms with Crippen molar-refractivity contribution in [2.24, 2.45) is 0 Å². The highest BCUT2D eigenvalue weighted by atomic mass is 16.6. The average molecular weight is 943 g/mol. The second-order valence-electron chi connectivity index (χ2n) is 20.2. The van der Waals surface area contributed by atoms with Crippen LogP contribution in [0.25, 0.3) is 0 Å². The molecule has 0 N–H and O–H groups in total. The molecule has 0 fully saturated rings. The van der Waals surface area contributed by atoms with Crippen molar-refractivity contribution in [3.8, 4) is 0 Å². The van der Waals surface area contributed by atoms with E-state index in [1.54, 1.807) is 21.1 Å². The fourth-order valence-corrected chi connectivity index (χ4v) is 8.35. The zero-order chi connectivity index (χ0) is 49.2. The van der Waals surface area contributed by atoms with Gasteiger partial charge in [-0.05, 0) is 57.8 Å². The summed E-state index contributed by atoms with van der Waals surface area (Å²) in [5.74, 6) is -1.74. The monoisotopic (exact) mass is 942 g/mol. The van der Waals surface area contributed by atoms with Crippen LogP contribution in [-0.2, 0) is 28.6 Å². The number of quaternary nitrogens is 1. The van der Waals surface area contributed by atoms with E-state index < -0.39 is 18.1 Å². The van der Waals surface area contributed by atoms with E-state index in [0.29, 0.717) is 12.8 Å². The summed E-state index contributed by atoms with van der Waals surface area (Å²) in [6.45, 7) is 4.66. The number of allylic oxidation sites excluding steroid dienone is 8. The summed E-state index contributed by atoms with van der Waals surface area (Å²) in [7, 11) is 5.42. The van der Waals surface area contributed by atoms with Gasteiger partial charge in [-0.15, -0.1) is 0 Å². The fraction of sp³-hybridized carbons (Fsp3) is 0.814. The summed E-state index contributed by atoms with van der Waals surface area (Å²) >= 11 is 0. The molecule has 67 heavy (non-hydrogen) atoms. The summed E-state index contributed by atoms with van der Waals surface area (Å²) < 4.78 is 17.3. The Morgan fingerprint density at radius 1 is 0.448 bits per heavy atom. The van der Waals surface area contributed by atoms with Crippen molar-refractivity contribution in [3.05, 3.63) is 48.6 Å². The van der Waals surface area contributed by atoms with Crippen LogP contribution in [0.2, 0.25) is 0 Å². The van der Waals surface area contributed by atoms with Crippen molar-refractivity contribution in [2.75, 3.05) is 41.0 Å². The highest BCUT2D eigenvalue weighted by molar-refractivity contribution is 5.70. The number of likely N-dealkylation sites (N-methyl/N-ethyl adjacent to an activating group) is 1. The van der Waals surface area contributed by atoms with Crippen molar-refractivity contribution >= 4 is 17.9 Å². The Bertz CT molecular complexity index is 1230. The van der Waals surface area contributed by atoms with Crippen molar-refractivity contribution in [1.82, 2.24) is 0 Å². The largest absolute Gasteiger partial charge is 0.544 e. The smallest absolute Gasteiger partial charge is 0.306 e. The lowest BCUT2D eigenvalue weighted by Gasteiger charge is -2.34. The zero-order valence-corrected chi connectivity index (χ0v) is 44.6. The molecule has 0 bridgehead atoms. The topological polar surface area (TPSA) is 102 Å². The zero-order valence-electron chi connectivity index (χ0n) is 44.6. The van der Waals surface area contributed by atoms with E-state index in [9.17, 15) is 19.5 Å². The number of hydrogen-bond donors (Lipinski definition) is 0. The maximum atomic E-state index is 12.8. The molecule has 2 atom stereocenters. The lowest BCUT2D eigenvalue weighted by atomic mass is 10.0. The Morgan fingerprint density at radius 3 is 1.19 bits per heavy atom. The van der Waals surface area contributed by atoms with Crippen LogP contribution in [0.3, 0.4) is 0 Å². The Hall–Kier alpha value is -2.71. The van der Waals surface area contributed by atoms with E-state index in [4.69, 9.17) is 14.2 Å². The van der Waals surface area contributed by atoms with Gasteiger partial charge >= 0.3 is 11.9 Å². The molecule has 0 aliphatic heterocycles. The van der Waals surface area contributed by atoms with Gasteiger partial charge in [-0.3, -0.25) is 9.59 Å². The van der Waals surface area contributed by atoms with Gasteiger partial charge in [0.05, 0.1) is 40.3 Å². The molecule has 0 aromatic rings. The van der Waals surface area contributed by atoms with Gasteiger partial charge in [0.25, 0.3) is 0 Å². The standard InChI is InChI=1S/C59H107NO7/c1-6-8-10-12-14-16-18-20-22-24-26-28-30-32-34-36-38-40-42-44-46-48-50-58(62)67-55(53-65-52-51-56(59(63)64)60(3,4)5)54-66-57(61)49-47-45-43-41-39-37-35-33-31-29-27-25-23-21-19-17-15-13-11-9-7-2/h15,17,21,23,27,29,33,35,55-56H,6-14,16,18-20,22,24-26,28,30-32,34,36-54H2,1-5H3/b17-15+,23-21+,29-27+,35-33+. The molecule has 8 heteroatoms. The van der Waals surface area contributed by atoms with Gasteiger partial charge in [0.1, 0.15) is 12.6 Å². The molecule has 0 aromatic carbocycles. The Labute approximate surface area is 414 Å². The van der Waals surface area contributed by atoms with Crippen molar-refractivity contribution in [1.29, 1.82) is 0 Å². The average Bonchev–Trinajstić information content (AvgIpc) is 3.29. The van der Waals surface area contributed by atoms with E-state index >= 15 is 0 Å². The molecular formula is C59H107NO7. The number of ether oxygens (including phenoxy) is 3. The van der Waals surface area contributed by atoms with Crippen LogP contribution in [-0.4, -0.2) is 75.5 Å². The van der Waals surface area contributed by atoms with Crippen LogP contribution >= 0.6 is 0 Å². The highest BCUT2D eigenvalue weighted by Gasteiger charge is 2.25. The van der Waals surface area contributed by atoms with E-state index in [-0.39, 0.29) is 42.7 Å². The quantitative estimate of drug-likeness (QED) is 0.0259. The number of carbonyl (C=O) groups excluding carboxylic acids is 3. The van der Waals surface area contributed by atoms with Crippen LogP contribution in [0.1, 0.15) is 258 Å². The number of esters is 2. The first-order valence-electron chi connectivity index (χ1n) is 28.2. The van der Waals surface area contributed by atoms with Gasteiger partial charge in [-0.2, -0.15) is 0 Å². The Balaban J connectivity index is 4.21. The molecule has 0 saturated heterocycles. The number of carboxylic acid groups (broad SMARTS) is 1. The number of aliphatic carboxylic acids is 1. The van der Waals surface area contributed by atoms with Crippen LogP contribution in [0.5, 0.6) is 0 Å². The van der Waals surface area contributed by atoms with Gasteiger partial charge in [0.15, 0.2) is 6.10 Å². The minimum Gasteiger partial charge on any atom is -0.544 e. The fourth-order valence-electron chi connectivity index (χ4n) is 8.35. The normalized spacial score (nSPS) is 13.1. The molecule has 0 radical (unpaired) electrons. The minimum atomic E-state index is -1.13. The number of carboxylic acids is 1. The molecule has 0 aliphatic rings. The van der Waals surface area contributed by atoms with Gasteiger partial charge < -0.3 is 28.6 Å². The molecule has 0 aromatic heterocycles. The summed E-state index contributed by atoms with van der Waals surface area (Å²) in [5, 5.41) is 11.7. The highest BCUT2D eigenvalue weighted by Crippen LogP contribution is 2.17. The molecule has 0 amide bonds. The Morgan fingerprint density at radius 2 is 0.791 bits per heavy atom. The van der Waals surface area contributed by atoms with Crippen LogP contribution in [0.4, 0.5) is 0 Å². The molecular weight excluding hydrogens is 835 g/mol. The molecule has 390 valence electrons. The second-order valence-corrected chi connectivity index (χ2v) is 20.2. The number of rotatable bonds is 51.